The highest BCUT2D eigenvalue weighted by Gasteiger charge is 2.08. The lowest BCUT2D eigenvalue weighted by Gasteiger charge is -2.04. The third-order valence-electron chi connectivity index (χ3n) is 2.73. The van der Waals surface area contributed by atoms with Crippen LogP contribution in [0.1, 0.15) is 43.0 Å². The van der Waals surface area contributed by atoms with Crippen LogP contribution in [0, 0.1) is 17.2 Å². The second-order valence-corrected chi connectivity index (χ2v) is 3.92. The summed E-state index contributed by atoms with van der Waals surface area (Å²) in [6.45, 7) is 2.01. The number of carbonyl (C=O) groups is 1. The first kappa shape index (κ1) is 12.4. The van der Waals surface area contributed by atoms with E-state index in [-0.39, 0.29) is 11.7 Å². The van der Waals surface area contributed by atoms with Gasteiger partial charge in [0.25, 0.3) is 0 Å². The molecular formula is C14H17NO. The number of nitriles is 1. The second-order valence-electron chi connectivity index (χ2n) is 3.92. The first-order valence-electron chi connectivity index (χ1n) is 5.75. The van der Waals surface area contributed by atoms with Crippen LogP contribution in [-0.4, -0.2) is 5.78 Å². The van der Waals surface area contributed by atoms with Gasteiger partial charge in [-0.25, -0.2) is 0 Å². The molecule has 0 saturated heterocycles. The van der Waals surface area contributed by atoms with Gasteiger partial charge >= 0.3 is 0 Å². The predicted molar refractivity (Wildman–Crippen MR) is 64.0 cm³/mol. The number of ketones is 1. The van der Waals surface area contributed by atoms with Gasteiger partial charge in [-0.1, -0.05) is 37.3 Å². The molecule has 2 heteroatoms. The molecule has 1 unspecified atom stereocenters. The second kappa shape index (κ2) is 6.79. The maximum Gasteiger partial charge on any atom is 0.162 e. The van der Waals surface area contributed by atoms with Crippen LogP contribution in [-0.2, 0) is 0 Å². The van der Waals surface area contributed by atoms with E-state index < -0.39 is 0 Å². The predicted octanol–water partition coefficient (Wildman–Crippen LogP) is 3.59. The Bertz CT molecular complexity index is 364. The van der Waals surface area contributed by atoms with Crippen LogP contribution in [0.15, 0.2) is 30.3 Å². The van der Waals surface area contributed by atoms with Crippen molar-refractivity contribution in [3.63, 3.8) is 0 Å². The van der Waals surface area contributed by atoms with E-state index in [0.29, 0.717) is 6.42 Å². The highest BCUT2D eigenvalue weighted by Crippen LogP contribution is 2.13. The lowest BCUT2D eigenvalue weighted by molar-refractivity contribution is 0.0978. The Morgan fingerprint density at radius 3 is 2.62 bits per heavy atom. The molecule has 0 aliphatic carbocycles. The Kier molecular flexibility index (Phi) is 5.28. The molecule has 2 nitrogen and oxygen atoms in total. The Morgan fingerprint density at radius 1 is 1.38 bits per heavy atom. The summed E-state index contributed by atoms with van der Waals surface area (Å²) in [5.41, 5.74) is 0.771. The number of hydrogen-bond donors (Lipinski definition) is 0. The molecule has 0 aromatic heterocycles. The molecule has 0 aliphatic rings. The van der Waals surface area contributed by atoms with Crippen LogP contribution in [0.25, 0.3) is 0 Å². The number of rotatable bonds is 6. The number of benzene rings is 1. The van der Waals surface area contributed by atoms with E-state index in [1.165, 1.54) is 0 Å². The largest absolute Gasteiger partial charge is 0.294 e. The van der Waals surface area contributed by atoms with Crippen molar-refractivity contribution in [1.29, 1.82) is 5.26 Å². The van der Waals surface area contributed by atoms with E-state index in [0.717, 1.165) is 24.8 Å². The molecule has 0 bridgehead atoms. The lowest BCUT2D eigenvalue weighted by Crippen LogP contribution is -2.01. The molecule has 0 amide bonds. The summed E-state index contributed by atoms with van der Waals surface area (Å²) in [5, 5.41) is 8.77. The molecule has 1 aromatic carbocycles. The average Bonchev–Trinajstić information content (AvgIpc) is 2.35. The van der Waals surface area contributed by atoms with Crippen LogP contribution in [0.2, 0.25) is 0 Å². The van der Waals surface area contributed by atoms with Gasteiger partial charge in [0.15, 0.2) is 5.78 Å². The van der Waals surface area contributed by atoms with Crippen LogP contribution in [0.3, 0.4) is 0 Å². The van der Waals surface area contributed by atoms with Crippen LogP contribution in [0.4, 0.5) is 0 Å². The van der Waals surface area contributed by atoms with Gasteiger partial charge in [0, 0.05) is 17.9 Å². The maximum absolute atomic E-state index is 11.7. The van der Waals surface area contributed by atoms with Gasteiger partial charge in [-0.2, -0.15) is 5.26 Å². The molecule has 84 valence electrons. The van der Waals surface area contributed by atoms with Crippen molar-refractivity contribution < 1.29 is 4.79 Å². The molecule has 0 N–H and O–H groups in total. The maximum atomic E-state index is 11.7. The third kappa shape index (κ3) is 3.86. The standard InChI is InChI=1S/C14H17NO/c1-2-12(11-15)7-6-10-14(16)13-8-4-3-5-9-13/h3-5,8-9,12H,2,6-7,10H2,1H3. The zero-order valence-electron chi connectivity index (χ0n) is 9.65. The van der Waals surface area contributed by atoms with Gasteiger partial charge in [-0.3, -0.25) is 4.79 Å². The molecule has 0 saturated carbocycles. The number of carbonyl (C=O) groups excluding carboxylic acids is 1. The summed E-state index contributed by atoms with van der Waals surface area (Å²) in [7, 11) is 0. The molecule has 0 aliphatic heterocycles. The highest BCUT2D eigenvalue weighted by molar-refractivity contribution is 5.95. The number of Topliss-reactive ketones (excluding diaryl/α,β-unsaturated/α-hetero) is 1. The van der Waals surface area contributed by atoms with Gasteiger partial charge in [-0.05, 0) is 19.3 Å². The van der Waals surface area contributed by atoms with Crippen molar-refractivity contribution >= 4 is 5.78 Å². The zero-order valence-corrected chi connectivity index (χ0v) is 9.65. The minimum absolute atomic E-state index is 0.101. The van der Waals surface area contributed by atoms with Crippen molar-refractivity contribution in [2.45, 2.75) is 32.6 Å². The van der Waals surface area contributed by atoms with Crippen LogP contribution < -0.4 is 0 Å². The summed E-state index contributed by atoms with van der Waals surface area (Å²) in [4.78, 5) is 11.7. The summed E-state index contributed by atoms with van der Waals surface area (Å²) in [6, 6.07) is 11.6. The first-order valence-corrected chi connectivity index (χ1v) is 5.75. The molecule has 0 radical (unpaired) electrons. The Balaban J connectivity index is 2.34. The summed E-state index contributed by atoms with van der Waals surface area (Å²) < 4.78 is 0. The zero-order chi connectivity index (χ0) is 11.8. The van der Waals surface area contributed by atoms with Crippen molar-refractivity contribution in [2.24, 2.45) is 5.92 Å². The van der Waals surface area contributed by atoms with E-state index in [1.807, 2.05) is 37.3 Å². The van der Waals surface area contributed by atoms with E-state index in [4.69, 9.17) is 5.26 Å². The van der Waals surface area contributed by atoms with Crippen molar-refractivity contribution in [1.82, 2.24) is 0 Å². The fourth-order valence-electron chi connectivity index (χ4n) is 1.64. The van der Waals surface area contributed by atoms with E-state index >= 15 is 0 Å². The molecule has 1 rings (SSSR count). The fourth-order valence-corrected chi connectivity index (χ4v) is 1.64. The molecule has 1 atom stereocenters. The number of nitrogens with zero attached hydrogens (tertiary/aromatic N) is 1. The molecular weight excluding hydrogens is 198 g/mol. The normalized spacial score (nSPS) is 11.8. The monoisotopic (exact) mass is 215 g/mol. The molecule has 16 heavy (non-hydrogen) atoms. The van der Waals surface area contributed by atoms with E-state index in [1.54, 1.807) is 0 Å². The average molecular weight is 215 g/mol. The van der Waals surface area contributed by atoms with Crippen molar-refractivity contribution in [3.8, 4) is 6.07 Å². The van der Waals surface area contributed by atoms with Crippen LogP contribution in [0.5, 0.6) is 0 Å². The smallest absolute Gasteiger partial charge is 0.162 e. The van der Waals surface area contributed by atoms with Gasteiger partial charge in [0.05, 0.1) is 6.07 Å². The Labute approximate surface area is 96.9 Å². The summed E-state index contributed by atoms with van der Waals surface area (Å²) in [6.07, 6.45) is 3.05. The SMILES string of the molecule is CCC(C#N)CCCC(=O)c1ccccc1. The highest BCUT2D eigenvalue weighted by atomic mass is 16.1. The van der Waals surface area contributed by atoms with Crippen LogP contribution >= 0.6 is 0 Å². The van der Waals surface area contributed by atoms with Gasteiger partial charge in [0.1, 0.15) is 0 Å². The van der Waals surface area contributed by atoms with E-state index in [9.17, 15) is 4.79 Å². The molecule has 1 aromatic rings. The minimum Gasteiger partial charge on any atom is -0.294 e. The Hall–Kier alpha value is -1.62. The Morgan fingerprint density at radius 2 is 2.06 bits per heavy atom. The molecule has 0 spiro atoms. The summed E-state index contributed by atoms with van der Waals surface area (Å²) >= 11 is 0. The van der Waals surface area contributed by atoms with Gasteiger partial charge in [-0.15, -0.1) is 0 Å². The quantitative estimate of drug-likeness (QED) is 0.680. The summed E-state index contributed by atoms with van der Waals surface area (Å²) in [5.74, 6) is 0.275. The fraction of sp³-hybridized carbons (Fsp3) is 0.429. The number of hydrogen-bond acceptors (Lipinski definition) is 2. The molecule has 0 heterocycles. The van der Waals surface area contributed by atoms with E-state index in [2.05, 4.69) is 6.07 Å². The first-order chi connectivity index (χ1) is 7.77. The minimum atomic E-state index is 0.101. The van der Waals surface area contributed by atoms with Gasteiger partial charge in [0.2, 0.25) is 0 Å². The van der Waals surface area contributed by atoms with Gasteiger partial charge < -0.3 is 0 Å². The topological polar surface area (TPSA) is 40.9 Å². The molecule has 0 fully saturated rings. The lowest BCUT2D eigenvalue weighted by atomic mass is 9.98. The third-order valence-corrected chi connectivity index (χ3v) is 2.73. The van der Waals surface area contributed by atoms with Crippen molar-refractivity contribution in [3.05, 3.63) is 35.9 Å². The van der Waals surface area contributed by atoms with Crippen molar-refractivity contribution in [2.75, 3.05) is 0 Å².